The predicted molar refractivity (Wildman–Crippen MR) is 140 cm³/mol. The van der Waals surface area contributed by atoms with Crippen molar-refractivity contribution >= 4 is 23.6 Å². The molecule has 1 aromatic heterocycles. The van der Waals surface area contributed by atoms with Gasteiger partial charge in [0.25, 0.3) is 5.91 Å². The Morgan fingerprint density at radius 3 is 2.86 bits per heavy atom. The normalized spacial score (nSPS) is 15.5. The number of unbranched alkanes of at least 4 members (excludes halogenated alkanes) is 1. The van der Waals surface area contributed by atoms with E-state index in [1.807, 2.05) is 48.5 Å². The zero-order chi connectivity index (χ0) is 25.3. The van der Waals surface area contributed by atoms with E-state index >= 15 is 0 Å². The first kappa shape index (κ1) is 25.5. The molecule has 0 radical (unpaired) electrons. The molecular formula is C28H29ClN4O3. The van der Waals surface area contributed by atoms with Gasteiger partial charge >= 0.3 is 0 Å². The molecule has 36 heavy (non-hydrogen) atoms. The molecule has 4 rings (SSSR count). The molecule has 1 unspecified atom stereocenters. The van der Waals surface area contributed by atoms with E-state index in [9.17, 15) is 10.1 Å². The molecule has 0 bridgehead atoms. The van der Waals surface area contributed by atoms with Gasteiger partial charge in [0.05, 0.1) is 23.4 Å². The van der Waals surface area contributed by atoms with Crippen LogP contribution in [0.4, 0.5) is 0 Å². The average molecular weight is 505 g/mol. The summed E-state index contributed by atoms with van der Waals surface area (Å²) >= 11 is 6.52. The van der Waals surface area contributed by atoms with Crippen molar-refractivity contribution in [2.75, 3.05) is 19.8 Å². The third kappa shape index (κ3) is 6.34. The number of nitriles is 1. The molecule has 1 N–H and O–H groups in total. The van der Waals surface area contributed by atoms with E-state index in [0.29, 0.717) is 41.8 Å². The molecular weight excluding hydrogens is 476 g/mol. The topological polar surface area (TPSA) is 89.2 Å². The van der Waals surface area contributed by atoms with E-state index in [0.717, 1.165) is 36.9 Å². The summed E-state index contributed by atoms with van der Waals surface area (Å²) in [6, 6.07) is 17.2. The Morgan fingerprint density at radius 1 is 1.33 bits per heavy atom. The molecule has 1 fully saturated rings. The van der Waals surface area contributed by atoms with E-state index in [1.165, 1.54) is 0 Å². The van der Waals surface area contributed by atoms with Gasteiger partial charge in [0, 0.05) is 30.5 Å². The lowest BCUT2D eigenvalue weighted by molar-refractivity contribution is -0.117. The number of rotatable bonds is 10. The second kappa shape index (κ2) is 12.4. The van der Waals surface area contributed by atoms with Crippen LogP contribution in [0.3, 0.4) is 0 Å². The van der Waals surface area contributed by atoms with Crippen LogP contribution < -0.4 is 10.1 Å². The number of carbonyl (C=O) groups excluding carboxylic acids is 1. The van der Waals surface area contributed by atoms with E-state index in [2.05, 4.69) is 12.2 Å². The van der Waals surface area contributed by atoms with Gasteiger partial charge in [-0.3, -0.25) is 4.79 Å². The number of nitrogens with one attached hydrogen (secondary N) is 1. The molecule has 0 aliphatic carbocycles. The molecule has 186 valence electrons. The lowest BCUT2D eigenvalue weighted by Crippen LogP contribution is -2.32. The number of carbonyl (C=O) groups is 1. The molecule has 1 atom stereocenters. The zero-order valence-electron chi connectivity index (χ0n) is 20.2. The number of hydrogen-bond acceptors (Lipinski definition) is 5. The number of hydrogen-bond donors (Lipinski definition) is 1. The Morgan fingerprint density at radius 2 is 2.17 bits per heavy atom. The van der Waals surface area contributed by atoms with Crippen LogP contribution in [0.25, 0.3) is 23.0 Å². The van der Waals surface area contributed by atoms with Gasteiger partial charge in [0.15, 0.2) is 0 Å². The summed E-state index contributed by atoms with van der Waals surface area (Å²) in [7, 11) is 0. The van der Waals surface area contributed by atoms with Gasteiger partial charge < -0.3 is 14.8 Å². The minimum atomic E-state index is -0.441. The fraction of sp³-hybridized carbons (Fsp3) is 0.321. The summed E-state index contributed by atoms with van der Waals surface area (Å²) in [6.45, 7) is 3.78. The van der Waals surface area contributed by atoms with Crippen molar-refractivity contribution in [1.82, 2.24) is 15.1 Å². The molecule has 8 heteroatoms. The van der Waals surface area contributed by atoms with E-state index < -0.39 is 5.91 Å². The Labute approximate surface area is 216 Å². The van der Waals surface area contributed by atoms with Crippen LogP contribution in [0.2, 0.25) is 5.02 Å². The van der Waals surface area contributed by atoms with Crippen LogP contribution in [0.15, 0.2) is 60.3 Å². The van der Waals surface area contributed by atoms with E-state index in [-0.39, 0.29) is 11.7 Å². The fourth-order valence-corrected chi connectivity index (χ4v) is 4.17. The van der Waals surface area contributed by atoms with Crippen molar-refractivity contribution in [3.05, 3.63) is 70.9 Å². The highest BCUT2D eigenvalue weighted by molar-refractivity contribution is 6.32. The highest BCUT2D eigenvalue weighted by Crippen LogP contribution is 2.33. The summed E-state index contributed by atoms with van der Waals surface area (Å²) in [6.07, 6.45) is 7.21. The molecule has 0 spiro atoms. The van der Waals surface area contributed by atoms with Crippen molar-refractivity contribution in [1.29, 1.82) is 5.26 Å². The van der Waals surface area contributed by atoms with Crippen molar-refractivity contribution in [3.8, 4) is 28.8 Å². The molecule has 2 aromatic carbocycles. The van der Waals surface area contributed by atoms with Crippen LogP contribution in [0, 0.1) is 11.3 Å². The summed E-state index contributed by atoms with van der Waals surface area (Å²) in [5, 5.41) is 17.8. The maximum absolute atomic E-state index is 12.8. The van der Waals surface area contributed by atoms with Crippen LogP contribution >= 0.6 is 11.6 Å². The molecule has 0 saturated carbocycles. The summed E-state index contributed by atoms with van der Waals surface area (Å²) in [5.74, 6) is 0.170. The molecule has 3 aromatic rings. The Hall–Kier alpha value is -3.60. The van der Waals surface area contributed by atoms with Gasteiger partial charge in [0.1, 0.15) is 23.1 Å². The van der Waals surface area contributed by atoms with Crippen LogP contribution in [-0.4, -0.2) is 41.6 Å². The van der Waals surface area contributed by atoms with Crippen LogP contribution in [0.1, 0.15) is 38.2 Å². The third-order valence-corrected chi connectivity index (χ3v) is 6.20. The quantitative estimate of drug-likeness (QED) is 0.221. The van der Waals surface area contributed by atoms with Gasteiger partial charge in [-0.25, -0.2) is 4.68 Å². The SMILES string of the molecule is CCCCOc1ccc(-c2nn(-c3ccccc3)cc2C=C(C#N)C(=O)NCC2CCCO2)cc1Cl. The smallest absolute Gasteiger partial charge is 0.262 e. The largest absolute Gasteiger partial charge is 0.492 e. The molecule has 7 nitrogen and oxygen atoms in total. The number of benzene rings is 2. The van der Waals surface area contributed by atoms with Crippen molar-refractivity contribution in [2.24, 2.45) is 0 Å². The number of aromatic nitrogens is 2. The minimum Gasteiger partial charge on any atom is -0.492 e. The maximum Gasteiger partial charge on any atom is 0.262 e. The standard InChI is InChI=1S/C28H29ClN4O3/c1-2-3-13-36-26-12-11-20(16-25(26)29)27-22(19-33(32-27)23-8-5-4-6-9-23)15-21(17-30)28(34)31-18-24-10-7-14-35-24/h4-6,8-9,11-12,15-16,19,24H,2-3,7,10,13-14,18H2,1H3,(H,31,34). The average Bonchev–Trinajstić information content (AvgIpc) is 3.58. The minimum absolute atomic E-state index is 0.00697. The monoisotopic (exact) mass is 504 g/mol. The molecule has 1 aliphatic heterocycles. The molecule has 1 amide bonds. The highest BCUT2D eigenvalue weighted by Gasteiger charge is 2.19. The number of amides is 1. The Bertz CT molecular complexity index is 1260. The number of nitrogens with zero attached hydrogens (tertiary/aromatic N) is 3. The second-order valence-electron chi connectivity index (χ2n) is 8.58. The first-order chi connectivity index (χ1) is 17.6. The van der Waals surface area contributed by atoms with Crippen molar-refractivity contribution in [3.63, 3.8) is 0 Å². The fourth-order valence-electron chi connectivity index (χ4n) is 3.93. The lowest BCUT2D eigenvalue weighted by atomic mass is 10.1. The van der Waals surface area contributed by atoms with Gasteiger partial charge in [-0.15, -0.1) is 0 Å². The van der Waals surface area contributed by atoms with Gasteiger partial charge in [-0.2, -0.15) is 10.4 Å². The van der Waals surface area contributed by atoms with Gasteiger partial charge in [-0.05, 0) is 55.7 Å². The first-order valence-corrected chi connectivity index (χ1v) is 12.6. The number of halogens is 1. The summed E-state index contributed by atoms with van der Waals surface area (Å²) in [5.41, 5.74) is 2.82. The first-order valence-electron chi connectivity index (χ1n) is 12.2. The van der Waals surface area contributed by atoms with Crippen molar-refractivity contribution in [2.45, 2.75) is 38.7 Å². The van der Waals surface area contributed by atoms with Crippen molar-refractivity contribution < 1.29 is 14.3 Å². The second-order valence-corrected chi connectivity index (χ2v) is 8.98. The Balaban J connectivity index is 1.66. The summed E-state index contributed by atoms with van der Waals surface area (Å²) in [4.78, 5) is 12.8. The lowest BCUT2D eigenvalue weighted by Gasteiger charge is -2.10. The van der Waals surface area contributed by atoms with Gasteiger partial charge in [0.2, 0.25) is 0 Å². The Kier molecular flexibility index (Phi) is 8.77. The highest BCUT2D eigenvalue weighted by atomic mass is 35.5. The molecule has 1 aliphatic rings. The maximum atomic E-state index is 12.8. The van der Waals surface area contributed by atoms with E-state index in [1.54, 1.807) is 23.0 Å². The summed E-state index contributed by atoms with van der Waals surface area (Å²) < 4.78 is 13.1. The number of ether oxygens (including phenoxy) is 2. The molecule has 1 saturated heterocycles. The predicted octanol–water partition coefficient (Wildman–Crippen LogP) is 5.57. The van der Waals surface area contributed by atoms with Crippen LogP contribution in [-0.2, 0) is 9.53 Å². The zero-order valence-corrected chi connectivity index (χ0v) is 21.0. The van der Waals surface area contributed by atoms with Gasteiger partial charge in [-0.1, -0.05) is 43.1 Å². The van der Waals surface area contributed by atoms with E-state index in [4.69, 9.17) is 26.2 Å². The van der Waals surface area contributed by atoms with Crippen LogP contribution in [0.5, 0.6) is 5.75 Å². The third-order valence-electron chi connectivity index (χ3n) is 5.90. The number of para-hydroxylation sites is 1. The molecule has 2 heterocycles.